The summed E-state index contributed by atoms with van der Waals surface area (Å²) in [7, 11) is 0. The Morgan fingerprint density at radius 2 is 1.71 bits per heavy atom. The molecule has 52 heavy (non-hydrogen) atoms. The maximum absolute atomic E-state index is 13.8. The lowest BCUT2D eigenvalue weighted by Crippen LogP contribution is -2.54. The highest BCUT2D eigenvalue weighted by molar-refractivity contribution is 5.98. The van der Waals surface area contributed by atoms with E-state index in [1.165, 1.54) is 19.1 Å². The quantitative estimate of drug-likeness (QED) is 0.148. The number of rotatable bonds is 11. The van der Waals surface area contributed by atoms with Gasteiger partial charge in [0.15, 0.2) is 5.79 Å². The number of nitrogens with one attached hydrogen (secondary N) is 2. The predicted molar refractivity (Wildman–Crippen MR) is 182 cm³/mol. The number of hydrogen-bond acceptors (Lipinski definition) is 12. The van der Waals surface area contributed by atoms with Gasteiger partial charge in [-0.3, -0.25) is 9.59 Å². The molecular formula is C38H42N2O12. The van der Waals surface area contributed by atoms with Crippen molar-refractivity contribution in [2.45, 2.75) is 82.4 Å². The van der Waals surface area contributed by atoms with Crippen molar-refractivity contribution in [2.24, 2.45) is 5.41 Å². The summed E-state index contributed by atoms with van der Waals surface area (Å²) in [6.07, 6.45) is -0.0665. The smallest absolute Gasteiger partial charge is 0.348 e. The van der Waals surface area contributed by atoms with Gasteiger partial charge in [0.1, 0.15) is 31.0 Å². The number of aliphatic hydroxyl groups is 2. The summed E-state index contributed by atoms with van der Waals surface area (Å²) in [5.41, 5.74) is 2.01. The fourth-order valence-electron chi connectivity index (χ4n) is 6.87. The molecule has 2 aliphatic carbocycles. The Hall–Kier alpha value is -4.89. The maximum atomic E-state index is 13.8. The van der Waals surface area contributed by atoms with Gasteiger partial charge in [0.05, 0.1) is 18.3 Å². The van der Waals surface area contributed by atoms with Crippen molar-refractivity contribution >= 4 is 35.8 Å². The van der Waals surface area contributed by atoms with Gasteiger partial charge in [0, 0.05) is 42.9 Å². The Morgan fingerprint density at radius 1 is 1.02 bits per heavy atom. The second kappa shape index (κ2) is 15.0. The lowest BCUT2D eigenvalue weighted by molar-refractivity contribution is -0.172. The Labute approximate surface area is 300 Å². The number of carbonyl (C=O) groups excluding carboxylic acids is 5. The number of fused-ring (bicyclic) bond motifs is 2. The van der Waals surface area contributed by atoms with Gasteiger partial charge in [-0.25, -0.2) is 14.4 Å². The molecule has 2 aliphatic heterocycles. The van der Waals surface area contributed by atoms with Crippen LogP contribution in [0.5, 0.6) is 0 Å². The number of amides is 2. The van der Waals surface area contributed by atoms with Crippen molar-refractivity contribution in [3.63, 3.8) is 0 Å². The molecule has 2 aromatic carbocycles. The lowest BCUT2D eigenvalue weighted by Gasteiger charge is -2.31. The third-order valence-electron chi connectivity index (χ3n) is 9.55. The van der Waals surface area contributed by atoms with E-state index < -0.39 is 77.5 Å². The van der Waals surface area contributed by atoms with E-state index in [1.54, 1.807) is 38.1 Å². The fraction of sp³-hybridized carbons (Fsp3) is 0.447. The van der Waals surface area contributed by atoms with Crippen LogP contribution in [0.4, 0.5) is 0 Å². The van der Waals surface area contributed by atoms with Gasteiger partial charge in [-0.2, -0.15) is 0 Å². The van der Waals surface area contributed by atoms with Gasteiger partial charge in [0.2, 0.25) is 17.9 Å². The Kier molecular flexibility index (Phi) is 10.6. The van der Waals surface area contributed by atoms with Gasteiger partial charge >= 0.3 is 17.9 Å². The zero-order valence-corrected chi connectivity index (χ0v) is 29.0. The highest BCUT2D eigenvalue weighted by Crippen LogP contribution is 2.45. The number of carbonyl (C=O) groups is 5. The Bertz CT molecular complexity index is 1770. The number of cyclic esters (lactones) is 1. The van der Waals surface area contributed by atoms with Crippen LogP contribution in [0.3, 0.4) is 0 Å². The zero-order chi connectivity index (χ0) is 37.2. The first-order chi connectivity index (χ1) is 24.8. The maximum Gasteiger partial charge on any atom is 0.348 e. The van der Waals surface area contributed by atoms with E-state index in [9.17, 15) is 29.1 Å². The summed E-state index contributed by atoms with van der Waals surface area (Å²) >= 11 is 0. The average Bonchev–Trinajstić information content (AvgIpc) is 3.75. The third-order valence-corrected chi connectivity index (χ3v) is 9.55. The number of hydrogen-bond donors (Lipinski definition) is 4. The lowest BCUT2D eigenvalue weighted by atomic mass is 9.90. The van der Waals surface area contributed by atoms with Gasteiger partial charge in [-0.1, -0.05) is 56.3 Å². The molecule has 0 radical (unpaired) electrons. The highest BCUT2D eigenvalue weighted by atomic mass is 16.8. The SMILES string of the molecule is C[C@H](O)[C@@H](NC(=O)C1=C[C@H]2OC3(Cc4ccccc4C3)O[C@H]2[C@H](OC(=O)c2ccccc2C=CC(=O)O[C@H]2C(=O)OCC2(C)C)C1)C(=O)NCCO. The number of benzene rings is 2. The van der Waals surface area contributed by atoms with Gasteiger partial charge < -0.3 is 44.5 Å². The van der Waals surface area contributed by atoms with Crippen LogP contribution in [0.1, 0.15) is 54.2 Å². The minimum absolute atomic E-state index is 0.0662. The van der Waals surface area contributed by atoms with Crippen LogP contribution in [-0.4, -0.2) is 102 Å². The Morgan fingerprint density at radius 3 is 2.37 bits per heavy atom. The zero-order valence-electron chi connectivity index (χ0n) is 29.0. The molecule has 14 nitrogen and oxygen atoms in total. The molecule has 4 aliphatic rings. The monoisotopic (exact) mass is 718 g/mol. The highest BCUT2D eigenvalue weighted by Gasteiger charge is 2.55. The van der Waals surface area contributed by atoms with Crippen molar-refractivity contribution in [3.05, 3.63) is 88.5 Å². The van der Waals surface area contributed by atoms with Crippen LogP contribution in [0.2, 0.25) is 0 Å². The average molecular weight is 719 g/mol. The van der Waals surface area contributed by atoms with E-state index in [-0.39, 0.29) is 37.3 Å². The summed E-state index contributed by atoms with van der Waals surface area (Å²) in [5.74, 6) is -4.60. The molecule has 2 heterocycles. The normalized spacial score (nSPS) is 25.0. The van der Waals surface area contributed by atoms with E-state index in [2.05, 4.69) is 10.6 Å². The molecule has 2 saturated heterocycles. The standard InChI is InChI=1S/C38H42N2O12/c1-21(42)30(34(45)39-14-15-41)40-33(44)25-16-27(31-28(17-25)51-38(52-31)18-23-9-4-5-10-24(23)19-38)49-35(46)26-11-7-6-8-22(26)12-13-29(43)50-32-36(47)48-20-37(32,2)3/h4-13,17,21,27-28,30-32,41-42H,14-16,18-20H2,1-3H3,(H,39,45)(H,40,44)/t21-,27+,28+,30+,31-,32-/m0/s1. The summed E-state index contributed by atoms with van der Waals surface area (Å²) in [5, 5.41) is 24.4. The number of aliphatic hydroxyl groups excluding tert-OH is 2. The molecule has 0 bridgehead atoms. The minimum atomic E-state index is -1.33. The molecule has 0 saturated carbocycles. The molecule has 4 N–H and O–H groups in total. The molecule has 2 aromatic rings. The van der Waals surface area contributed by atoms with Crippen molar-refractivity contribution in [3.8, 4) is 0 Å². The van der Waals surface area contributed by atoms with E-state index in [4.69, 9.17) is 28.8 Å². The van der Waals surface area contributed by atoms with Crippen molar-refractivity contribution in [1.82, 2.24) is 10.6 Å². The Balaban J connectivity index is 1.22. The molecule has 14 heteroatoms. The molecule has 2 amide bonds. The molecule has 6 rings (SSSR count). The summed E-state index contributed by atoms with van der Waals surface area (Å²) < 4.78 is 29.5. The van der Waals surface area contributed by atoms with Crippen molar-refractivity contribution in [2.75, 3.05) is 19.8 Å². The van der Waals surface area contributed by atoms with Crippen molar-refractivity contribution < 1.29 is 57.9 Å². The van der Waals surface area contributed by atoms with E-state index in [0.717, 1.165) is 17.2 Å². The molecule has 0 unspecified atom stereocenters. The van der Waals surface area contributed by atoms with Crippen LogP contribution >= 0.6 is 0 Å². The van der Waals surface area contributed by atoms with Gasteiger partial charge in [-0.15, -0.1) is 0 Å². The second-order valence-corrected chi connectivity index (χ2v) is 14.1. The molecule has 0 aromatic heterocycles. The molecule has 2 fully saturated rings. The van der Waals surface area contributed by atoms with Crippen LogP contribution in [-0.2, 0) is 55.7 Å². The van der Waals surface area contributed by atoms with Crippen molar-refractivity contribution in [1.29, 1.82) is 0 Å². The summed E-state index contributed by atoms with van der Waals surface area (Å²) in [4.78, 5) is 64.9. The number of esters is 3. The van der Waals surface area contributed by atoms with Crippen LogP contribution in [0.15, 0.2) is 66.3 Å². The second-order valence-electron chi connectivity index (χ2n) is 14.1. The van der Waals surface area contributed by atoms with Gasteiger partial charge in [0.25, 0.3) is 0 Å². The number of ether oxygens (including phenoxy) is 5. The predicted octanol–water partition coefficient (Wildman–Crippen LogP) is 1.30. The molecule has 276 valence electrons. The minimum Gasteiger partial charge on any atom is -0.462 e. The van der Waals surface area contributed by atoms with Crippen LogP contribution in [0.25, 0.3) is 6.08 Å². The fourth-order valence-corrected chi connectivity index (χ4v) is 6.87. The molecule has 6 atom stereocenters. The molecule has 1 spiro atoms. The third kappa shape index (κ3) is 7.80. The van der Waals surface area contributed by atoms with Crippen LogP contribution < -0.4 is 10.6 Å². The summed E-state index contributed by atoms with van der Waals surface area (Å²) in [6, 6.07) is 12.9. The van der Waals surface area contributed by atoms with E-state index in [0.29, 0.717) is 18.4 Å². The topological polar surface area (TPSA) is 196 Å². The van der Waals surface area contributed by atoms with E-state index >= 15 is 0 Å². The first kappa shape index (κ1) is 36.9. The van der Waals surface area contributed by atoms with E-state index in [1.807, 2.05) is 24.3 Å². The first-order valence-corrected chi connectivity index (χ1v) is 17.1. The molecular weight excluding hydrogens is 676 g/mol. The first-order valence-electron chi connectivity index (χ1n) is 17.1. The largest absolute Gasteiger partial charge is 0.462 e. The van der Waals surface area contributed by atoms with Gasteiger partial charge in [-0.05, 0) is 41.8 Å². The summed E-state index contributed by atoms with van der Waals surface area (Å²) in [6.45, 7) is 4.58. The van der Waals surface area contributed by atoms with Crippen LogP contribution in [0, 0.1) is 5.41 Å².